The third kappa shape index (κ3) is 22.9. The molecule has 0 saturated carbocycles. The van der Waals surface area contributed by atoms with Crippen molar-refractivity contribution in [3.8, 4) is 0 Å². The van der Waals surface area contributed by atoms with Crippen molar-refractivity contribution in [2.45, 2.75) is 349 Å². The number of hydrogen-bond donors (Lipinski definition) is 6. The smallest absolute Gasteiger partial charge is 0.231 e. The number of nitrogens with zero attached hydrogens (tertiary/aromatic N) is 12. The van der Waals surface area contributed by atoms with E-state index in [1.807, 2.05) is 0 Å². The lowest BCUT2D eigenvalue weighted by Crippen LogP contribution is -2.65. The van der Waals surface area contributed by atoms with Crippen molar-refractivity contribution in [2.75, 3.05) is 73.0 Å². The molecule has 4 aliphatic rings. The molecule has 0 spiro atoms. The first-order chi connectivity index (χ1) is 43.7. The van der Waals surface area contributed by atoms with Crippen LogP contribution in [0.15, 0.2) is 0 Å². The van der Waals surface area contributed by atoms with Crippen molar-refractivity contribution in [3.05, 3.63) is 10.6 Å². The van der Waals surface area contributed by atoms with E-state index in [-0.39, 0.29) is 71.2 Å². The molecule has 22 nitrogen and oxygen atoms in total. The fraction of sp³-hybridized carbons (Fsp3) is 0.917. The topological polar surface area (TPSA) is 239 Å². The molecule has 2 aromatic rings. The number of piperidine rings is 4. The van der Waals surface area contributed by atoms with Gasteiger partial charge in [0.2, 0.25) is 34.4 Å². The lowest BCUT2D eigenvalue weighted by atomic mass is 9.69. The molecule has 0 bridgehead atoms. The third-order valence-corrected chi connectivity index (χ3v) is 20.5. The first kappa shape index (κ1) is 82.3. The van der Waals surface area contributed by atoms with Crippen molar-refractivity contribution in [1.29, 1.82) is 0 Å². The second-order valence-corrected chi connectivity index (χ2v) is 37.5. The van der Waals surface area contributed by atoms with Gasteiger partial charge in [0.25, 0.3) is 0 Å². The monoisotopic (exact) mass is 1390 g/mol. The zero-order valence-corrected chi connectivity index (χ0v) is 66.1. The Morgan fingerprint density at radius 3 is 0.875 bits per heavy atom. The molecular weight excluding hydrogens is 1260 g/mol. The van der Waals surface area contributed by atoms with Crippen LogP contribution in [0, 0.1) is 23.7 Å². The molecule has 96 heavy (non-hydrogen) atoms. The van der Waals surface area contributed by atoms with Crippen LogP contribution in [0.2, 0.25) is 10.6 Å². The molecule has 0 amide bonds. The minimum Gasteiger partial charge on any atom is -0.388 e. The van der Waals surface area contributed by atoms with E-state index in [2.05, 4.69) is 165 Å². The van der Waals surface area contributed by atoms with Crippen LogP contribution in [-0.4, -0.2) is 202 Å². The van der Waals surface area contributed by atoms with E-state index >= 15 is 0 Å². The van der Waals surface area contributed by atoms with Gasteiger partial charge in [-0.1, -0.05) is 39.5 Å². The number of nitrogens with one attached hydrogen (secondary N) is 2. The summed E-state index contributed by atoms with van der Waals surface area (Å²) in [4.78, 5) is 60.1. The van der Waals surface area contributed by atoms with Gasteiger partial charge in [0.05, 0.1) is 48.8 Å². The Bertz CT molecular complexity index is 2540. The molecular formula is C72H134Cl2N14O8. The number of halogens is 2. The van der Waals surface area contributed by atoms with E-state index in [9.17, 15) is 20.4 Å². The number of unbranched alkanes of at least 4 members (excludes halogenated alkanes) is 3. The number of anilines is 4. The van der Waals surface area contributed by atoms with Crippen LogP contribution in [0.25, 0.3) is 0 Å². The van der Waals surface area contributed by atoms with Crippen LogP contribution in [-0.2, 0) is 19.4 Å². The number of hydroxylamine groups is 8. The Balaban J connectivity index is 1.25. The fourth-order valence-corrected chi connectivity index (χ4v) is 17.4. The van der Waals surface area contributed by atoms with E-state index in [0.717, 1.165) is 89.9 Å². The van der Waals surface area contributed by atoms with Gasteiger partial charge in [-0.05, 0) is 277 Å². The Labute approximate surface area is 590 Å². The first-order valence-corrected chi connectivity index (χ1v) is 36.9. The van der Waals surface area contributed by atoms with Gasteiger partial charge in [-0.3, -0.25) is 19.4 Å². The van der Waals surface area contributed by atoms with Crippen LogP contribution in [0.4, 0.5) is 23.8 Å². The van der Waals surface area contributed by atoms with Crippen molar-refractivity contribution in [2.24, 2.45) is 23.7 Å². The zero-order chi connectivity index (χ0) is 72.4. The average Bonchev–Trinajstić information content (AvgIpc) is 0.780. The first-order valence-electron chi connectivity index (χ1n) is 36.2. The largest absolute Gasteiger partial charge is 0.388 e. The Hall–Kier alpha value is -2.68. The second kappa shape index (κ2) is 31.1. The van der Waals surface area contributed by atoms with Crippen molar-refractivity contribution in [3.63, 3.8) is 0 Å². The van der Waals surface area contributed by atoms with Crippen LogP contribution >= 0.6 is 23.2 Å². The number of hydrogen-bond acceptors (Lipinski definition) is 22. The normalized spacial score (nSPS) is 23.0. The second-order valence-electron chi connectivity index (χ2n) is 36.8. The lowest BCUT2D eigenvalue weighted by Gasteiger charge is -2.56. The highest BCUT2D eigenvalue weighted by Gasteiger charge is 2.53. The summed E-state index contributed by atoms with van der Waals surface area (Å²) in [5, 5.41) is 58.8. The number of aromatic nitrogens is 6. The highest BCUT2D eigenvalue weighted by molar-refractivity contribution is 6.28. The van der Waals surface area contributed by atoms with Crippen molar-refractivity contribution >= 4 is 47.0 Å². The summed E-state index contributed by atoms with van der Waals surface area (Å²) in [6, 6.07) is 0.00185. The highest BCUT2D eigenvalue weighted by atomic mass is 35.5. The van der Waals surface area contributed by atoms with Gasteiger partial charge in [0, 0.05) is 82.6 Å². The standard InChI is InChI=1S/C72H134Cl2N14O8/c1-27-49(51-35-61(3,4)85(62(5,6)36-51)93-45-69(19,20)89)43-75-57-77-55(73)79-59(81-57)83(53-39-65(11,12)87(66(13,14)40-53)95-47-71(23,24)91)33-31-29-30-32-34-84(54-41-67(15,16)88(68(17,18)42-54)96-48-72(25,26)92)60-80-56(74)78-58(82-60)76-44-50(28-2)52-37-63(7,8)86(64(9,10)38-52)94-46-70(21,22)90/h49-54,89-92H,27-48H2,1-26H3,(H,75,77,79,81)(H,76,78,80,82). The predicted octanol–water partition coefficient (Wildman–Crippen LogP) is 13.5. The molecule has 4 aliphatic heterocycles. The van der Waals surface area contributed by atoms with Crippen LogP contribution in [0.3, 0.4) is 0 Å². The minimum absolute atomic E-state index is 0.000926. The van der Waals surface area contributed by atoms with E-state index in [1.54, 1.807) is 55.4 Å². The molecule has 4 saturated heterocycles. The maximum Gasteiger partial charge on any atom is 0.231 e. The molecule has 2 unspecified atom stereocenters. The Morgan fingerprint density at radius 2 is 0.646 bits per heavy atom. The van der Waals surface area contributed by atoms with Gasteiger partial charge in [0.15, 0.2) is 0 Å². The maximum absolute atomic E-state index is 10.8. The summed E-state index contributed by atoms with van der Waals surface area (Å²) >= 11 is 14.0. The Kier molecular flexibility index (Phi) is 26.7. The molecule has 2 atom stereocenters. The molecule has 6 rings (SSSR count). The third-order valence-electron chi connectivity index (χ3n) is 20.1. The van der Waals surface area contributed by atoms with Gasteiger partial charge >= 0.3 is 0 Å². The molecule has 6 N–H and O–H groups in total. The lowest BCUT2D eigenvalue weighted by molar-refractivity contribution is -0.304. The summed E-state index contributed by atoms with van der Waals surface area (Å²) in [5.74, 6) is 3.33. The van der Waals surface area contributed by atoms with E-state index in [0.29, 0.717) is 73.6 Å². The molecule has 0 aliphatic carbocycles. The summed E-state index contributed by atoms with van der Waals surface area (Å²) in [6.07, 6.45) is 12.1. The summed E-state index contributed by atoms with van der Waals surface area (Å²) < 4.78 is 0. The minimum atomic E-state index is -1.01. The fourth-order valence-electron chi connectivity index (χ4n) is 17.1. The van der Waals surface area contributed by atoms with Gasteiger partial charge < -0.3 is 40.9 Å². The molecule has 0 radical (unpaired) electrons. The van der Waals surface area contributed by atoms with E-state index in [4.69, 9.17) is 72.5 Å². The summed E-state index contributed by atoms with van der Waals surface area (Å²) in [5.41, 5.74) is -6.76. The quantitative estimate of drug-likeness (QED) is 0.0364. The maximum atomic E-state index is 10.8. The Morgan fingerprint density at radius 1 is 0.406 bits per heavy atom. The van der Waals surface area contributed by atoms with Gasteiger partial charge in [-0.25, -0.2) is 0 Å². The SMILES string of the molecule is CCC(CNc1nc(Cl)nc(N(CCCCCCN(c2nc(Cl)nc(NCC(CC)C3CC(C)(C)N(OCC(C)(C)O)C(C)(C)C3)n2)C2CC(C)(C)N(OCC(C)(C)O)C(C)(C)C2)C2CC(C)(C)N(OCC(C)(C)O)C(C)(C)C2)n1)C1CC(C)(C)N(OCC(C)(C)O)C(C)(C)C1. The van der Waals surface area contributed by atoms with Crippen LogP contribution < -0.4 is 20.4 Å². The van der Waals surface area contributed by atoms with E-state index < -0.39 is 44.6 Å². The molecule has 24 heteroatoms. The van der Waals surface area contributed by atoms with E-state index in [1.165, 1.54) is 0 Å². The van der Waals surface area contributed by atoms with Crippen molar-refractivity contribution < 1.29 is 39.8 Å². The molecule has 554 valence electrons. The van der Waals surface area contributed by atoms with Crippen LogP contribution in [0.1, 0.15) is 270 Å². The van der Waals surface area contributed by atoms with Gasteiger partial charge in [-0.15, -0.1) is 0 Å². The zero-order valence-electron chi connectivity index (χ0n) is 64.6. The predicted molar refractivity (Wildman–Crippen MR) is 388 cm³/mol. The highest BCUT2D eigenvalue weighted by Crippen LogP contribution is 2.49. The molecule has 4 fully saturated rings. The molecule has 2 aromatic heterocycles. The summed E-state index contributed by atoms with van der Waals surface area (Å²) in [7, 11) is 0. The number of aliphatic hydroxyl groups is 4. The van der Waals surface area contributed by atoms with Crippen molar-refractivity contribution in [1.82, 2.24) is 50.2 Å². The molecule has 6 heterocycles. The molecule has 0 aromatic carbocycles. The number of rotatable bonds is 33. The summed E-state index contributed by atoms with van der Waals surface area (Å²) in [6.45, 7) is 57.7. The van der Waals surface area contributed by atoms with Gasteiger partial charge in [0.1, 0.15) is 0 Å². The average molecular weight is 1390 g/mol. The van der Waals surface area contributed by atoms with Crippen LogP contribution in [0.5, 0.6) is 0 Å². The van der Waals surface area contributed by atoms with Gasteiger partial charge in [-0.2, -0.15) is 50.2 Å².